The van der Waals surface area contributed by atoms with Gasteiger partial charge in [-0.2, -0.15) is 11.8 Å². The van der Waals surface area contributed by atoms with Crippen LogP contribution in [0.5, 0.6) is 0 Å². The van der Waals surface area contributed by atoms with Crippen molar-refractivity contribution in [1.82, 2.24) is 10.6 Å². The van der Waals surface area contributed by atoms with Crippen molar-refractivity contribution in [3.8, 4) is 0 Å². The first kappa shape index (κ1) is 21.4. The Morgan fingerprint density at radius 3 is 2.35 bits per heavy atom. The van der Waals surface area contributed by atoms with Crippen molar-refractivity contribution in [1.29, 1.82) is 0 Å². The number of aliphatic imine (C=N–C) groups is 1. The Labute approximate surface area is 181 Å². The average molecular weight is 502 g/mol. The molecule has 1 aliphatic rings. The number of anilines is 1. The molecule has 2 N–H and O–H groups in total. The maximum atomic E-state index is 4.30. The van der Waals surface area contributed by atoms with E-state index in [1.54, 1.807) is 0 Å². The molecule has 7 heteroatoms. The van der Waals surface area contributed by atoms with Gasteiger partial charge in [0, 0.05) is 53.6 Å². The van der Waals surface area contributed by atoms with Gasteiger partial charge in [-0.25, -0.2) is 0 Å². The zero-order chi connectivity index (χ0) is 17.5. The molecule has 2 heterocycles. The summed E-state index contributed by atoms with van der Waals surface area (Å²) in [6.07, 6.45) is 0. The van der Waals surface area contributed by atoms with E-state index in [0.29, 0.717) is 0 Å². The maximum Gasteiger partial charge on any atom is 0.191 e. The number of benzene rings is 1. The van der Waals surface area contributed by atoms with Gasteiger partial charge in [0.2, 0.25) is 0 Å². The molecule has 26 heavy (non-hydrogen) atoms. The molecule has 1 aromatic heterocycles. The number of thioether (sulfide) groups is 1. The molecule has 0 aliphatic carbocycles. The van der Waals surface area contributed by atoms with E-state index >= 15 is 0 Å². The number of halogens is 1. The molecule has 1 saturated heterocycles. The van der Waals surface area contributed by atoms with E-state index in [1.165, 1.54) is 32.5 Å². The third-order valence-electron chi connectivity index (χ3n) is 4.22. The summed E-state index contributed by atoms with van der Waals surface area (Å²) in [5, 5.41) is 6.76. The second-order valence-electron chi connectivity index (χ2n) is 6.06. The van der Waals surface area contributed by atoms with Gasteiger partial charge < -0.3 is 15.5 Å². The van der Waals surface area contributed by atoms with E-state index in [-0.39, 0.29) is 24.0 Å². The highest BCUT2D eigenvalue weighted by atomic mass is 127. The fraction of sp³-hybridized carbons (Fsp3) is 0.421. The number of hydrogen-bond donors (Lipinski definition) is 2. The molecule has 1 fully saturated rings. The molecule has 0 saturated carbocycles. The fourth-order valence-corrected chi connectivity index (χ4v) is 4.54. The number of nitrogens with zero attached hydrogens (tertiary/aromatic N) is 2. The molecule has 0 spiro atoms. The smallest absolute Gasteiger partial charge is 0.191 e. The minimum atomic E-state index is 0. The van der Waals surface area contributed by atoms with Gasteiger partial charge in [-0.05, 0) is 36.8 Å². The predicted octanol–water partition coefficient (Wildman–Crippen LogP) is 4.09. The van der Waals surface area contributed by atoms with Crippen molar-refractivity contribution < 1.29 is 0 Å². The second-order valence-corrected chi connectivity index (χ2v) is 8.65. The molecular formula is C19H27IN4S2. The van der Waals surface area contributed by atoms with E-state index in [0.717, 1.165) is 32.1 Å². The van der Waals surface area contributed by atoms with Gasteiger partial charge in [-0.3, -0.25) is 4.99 Å². The van der Waals surface area contributed by atoms with Crippen LogP contribution < -0.4 is 15.5 Å². The molecule has 0 bridgehead atoms. The lowest BCUT2D eigenvalue weighted by atomic mass is 10.2. The third-order valence-corrected chi connectivity index (χ3v) is 6.17. The summed E-state index contributed by atoms with van der Waals surface area (Å²) in [7, 11) is 1.81. The van der Waals surface area contributed by atoms with Crippen LogP contribution in [-0.2, 0) is 13.1 Å². The Hall–Kier alpha value is -0.930. The van der Waals surface area contributed by atoms with E-state index in [2.05, 4.69) is 63.8 Å². The molecule has 4 nitrogen and oxygen atoms in total. The lowest BCUT2D eigenvalue weighted by Crippen LogP contribution is -2.36. The Bertz CT molecular complexity index is 694. The average Bonchev–Trinajstić information content (AvgIpc) is 3.08. The third kappa shape index (κ3) is 6.35. The van der Waals surface area contributed by atoms with Crippen LogP contribution in [0.1, 0.15) is 15.3 Å². The summed E-state index contributed by atoms with van der Waals surface area (Å²) in [5.74, 6) is 3.30. The van der Waals surface area contributed by atoms with Gasteiger partial charge in [-0.15, -0.1) is 35.3 Å². The Morgan fingerprint density at radius 2 is 1.73 bits per heavy atom. The van der Waals surface area contributed by atoms with Crippen LogP contribution in [0, 0.1) is 6.92 Å². The predicted molar refractivity (Wildman–Crippen MR) is 127 cm³/mol. The van der Waals surface area contributed by atoms with Crippen LogP contribution >= 0.6 is 47.1 Å². The number of rotatable bonds is 5. The van der Waals surface area contributed by atoms with Crippen molar-refractivity contribution in [2.75, 3.05) is 36.5 Å². The van der Waals surface area contributed by atoms with Crippen LogP contribution in [0.15, 0.2) is 41.4 Å². The first-order chi connectivity index (χ1) is 12.2. The van der Waals surface area contributed by atoms with E-state index < -0.39 is 0 Å². The number of nitrogens with one attached hydrogen (secondary N) is 2. The molecule has 142 valence electrons. The minimum absolute atomic E-state index is 0. The quantitative estimate of drug-likeness (QED) is 0.367. The van der Waals surface area contributed by atoms with Gasteiger partial charge in [-0.1, -0.05) is 12.1 Å². The van der Waals surface area contributed by atoms with Crippen LogP contribution in [0.2, 0.25) is 0 Å². The first-order valence-electron chi connectivity index (χ1n) is 8.66. The minimum Gasteiger partial charge on any atom is -0.370 e. The number of aryl methyl sites for hydroxylation is 1. The summed E-state index contributed by atoms with van der Waals surface area (Å²) in [4.78, 5) is 9.44. The van der Waals surface area contributed by atoms with Crippen molar-refractivity contribution >= 4 is 58.7 Å². The van der Waals surface area contributed by atoms with Crippen LogP contribution in [0.4, 0.5) is 5.69 Å². The zero-order valence-electron chi connectivity index (χ0n) is 15.3. The molecule has 3 rings (SSSR count). The molecule has 2 aromatic rings. The van der Waals surface area contributed by atoms with Crippen LogP contribution in [0.25, 0.3) is 0 Å². The Kier molecular flexibility index (Phi) is 9.07. The summed E-state index contributed by atoms with van der Waals surface area (Å²) in [6, 6.07) is 13.2. The van der Waals surface area contributed by atoms with Crippen molar-refractivity contribution in [3.63, 3.8) is 0 Å². The number of guanidine groups is 1. The van der Waals surface area contributed by atoms with Gasteiger partial charge >= 0.3 is 0 Å². The van der Waals surface area contributed by atoms with E-state index in [4.69, 9.17) is 0 Å². The Morgan fingerprint density at radius 1 is 1.04 bits per heavy atom. The van der Waals surface area contributed by atoms with E-state index in [9.17, 15) is 0 Å². The van der Waals surface area contributed by atoms with Gasteiger partial charge in [0.1, 0.15) is 0 Å². The lowest BCUT2D eigenvalue weighted by Gasteiger charge is -2.28. The molecule has 0 atom stereocenters. The van der Waals surface area contributed by atoms with Crippen molar-refractivity contribution in [2.24, 2.45) is 4.99 Å². The standard InChI is InChI=1S/C19H26N4S2.HI/c1-15-3-8-18(25-15)14-22-19(20-2)21-13-16-4-6-17(7-5-16)23-9-11-24-12-10-23;/h3-8H,9-14H2,1-2H3,(H2,20,21,22);1H. The normalized spacial score (nSPS) is 14.7. The molecule has 0 radical (unpaired) electrons. The molecule has 1 aliphatic heterocycles. The molecular weight excluding hydrogens is 475 g/mol. The molecule has 1 aromatic carbocycles. The topological polar surface area (TPSA) is 39.7 Å². The number of thiophene rings is 1. The molecule has 0 unspecified atom stereocenters. The summed E-state index contributed by atoms with van der Waals surface area (Å²) in [6.45, 7) is 6.03. The van der Waals surface area contributed by atoms with Gasteiger partial charge in [0.15, 0.2) is 5.96 Å². The SMILES string of the molecule is CN=C(NCc1ccc(N2CCSCC2)cc1)NCc1ccc(C)s1.I. The fourth-order valence-electron chi connectivity index (χ4n) is 2.80. The molecule has 0 amide bonds. The van der Waals surface area contributed by atoms with Gasteiger partial charge in [0.25, 0.3) is 0 Å². The summed E-state index contributed by atoms with van der Waals surface area (Å²) >= 11 is 3.86. The lowest BCUT2D eigenvalue weighted by molar-refractivity contribution is 0.814. The largest absolute Gasteiger partial charge is 0.370 e. The first-order valence-corrected chi connectivity index (χ1v) is 10.6. The number of hydrogen-bond acceptors (Lipinski definition) is 4. The van der Waals surface area contributed by atoms with Crippen LogP contribution in [0.3, 0.4) is 0 Å². The van der Waals surface area contributed by atoms with Crippen molar-refractivity contribution in [2.45, 2.75) is 20.0 Å². The second kappa shape index (κ2) is 11.0. The van der Waals surface area contributed by atoms with Crippen LogP contribution in [-0.4, -0.2) is 37.6 Å². The zero-order valence-corrected chi connectivity index (χ0v) is 19.3. The monoisotopic (exact) mass is 502 g/mol. The Balaban J connectivity index is 0.00000243. The summed E-state index contributed by atoms with van der Waals surface area (Å²) in [5.41, 5.74) is 2.60. The highest BCUT2D eigenvalue weighted by Crippen LogP contribution is 2.20. The van der Waals surface area contributed by atoms with Gasteiger partial charge in [0.05, 0.1) is 6.54 Å². The maximum absolute atomic E-state index is 4.30. The van der Waals surface area contributed by atoms with Crippen molar-refractivity contribution in [3.05, 3.63) is 51.7 Å². The highest BCUT2D eigenvalue weighted by molar-refractivity contribution is 14.0. The summed E-state index contributed by atoms with van der Waals surface area (Å²) < 4.78 is 0. The highest BCUT2D eigenvalue weighted by Gasteiger charge is 2.10. The van der Waals surface area contributed by atoms with E-state index in [1.807, 2.05) is 30.1 Å².